The van der Waals surface area contributed by atoms with E-state index in [0.717, 1.165) is 0 Å². The number of amides is 1. The molecule has 0 fully saturated rings. The Morgan fingerprint density at radius 2 is 1.92 bits per heavy atom. The van der Waals surface area contributed by atoms with Gasteiger partial charge in [-0.05, 0) is 0 Å². The van der Waals surface area contributed by atoms with Crippen LogP contribution in [0.5, 0.6) is 0 Å². The Hall–Kier alpha value is -0.610. The summed E-state index contributed by atoms with van der Waals surface area (Å²) < 4.78 is 4.74. The highest BCUT2D eigenvalue weighted by Crippen LogP contribution is 2.30. The Kier molecular flexibility index (Phi) is 3.24. The smallest absolute Gasteiger partial charge is 0.252 e. The molecule has 0 aliphatic carbocycles. The summed E-state index contributed by atoms with van der Waals surface area (Å²) in [5, 5.41) is 9.83. The third-order valence-electron chi connectivity index (χ3n) is 2.00. The van der Waals surface area contributed by atoms with Crippen molar-refractivity contribution in [1.82, 2.24) is 0 Å². The van der Waals surface area contributed by atoms with Crippen LogP contribution in [0.3, 0.4) is 0 Å². The Balaban J connectivity index is 4.75. The van der Waals surface area contributed by atoms with Crippen LogP contribution >= 0.6 is 0 Å². The van der Waals surface area contributed by atoms with E-state index in [9.17, 15) is 9.90 Å². The van der Waals surface area contributed by atoms with E-state index in [1.54, 1.807) is 20.8 Å². The number of primary amides is 1. The van der Waals surface area contributed by atoms with E-state index in [2.05, 4.69) is 0 Å². The van der Waals surface area contributed by atoms with Crippen LogP contribution in [0.2, 0.25) is 0 Å². The van der Waals surface area contributed by atoms with Gasteiger partial charge in [0.25, 0.3) is 5.91 Å². The van der Waals surface area contributed by atoms with Gasteiger partial charge < -0.3 is 15.6 Å². The molecule has 0 bridgehead atoms. The fourth-order valence-electron chi connectivity index (χ4n) is 0.866. The molecule has 4 heteroatoms. The third kappa shape index (κ3) is 1.95. The molecule has 12 heavy (non-hydrogen) atoms. The van der Waals surface area contributed by atoms with Crippen LogP contribution in [0.25, 0.3) is 0 Å². The molecule has 0 heterocycles. The first-order valence-electron chi connectivity index (χ1n) is 3.77. The SMILES string of the molecule is COCC(O)(C(N)=O)C(C)(C)C. The van der Waals surface area contributed by atoms with Gasteiger partial charge in [-0.3, -0.25) is 4.79 Å². The predicted molar refractivity (Wildman–Crippen MR) is 45.5 cm³/mol. The number of aliphatic hydroxyl groups is 1. The molecule has 0 saturated heterocycles. The second-order valence-corrected chi connectivity index (χ2v) is 3.91. The van der Waals surface area contributed by atoms with Crippen LogP contribution in [-0.4, -0.2) is 30.3 Å². The minimum absolute atomic E-state index is 0.0775. The van der Waals surface area contributed by atoms with E-state index in [1.165, 1.54) is 7.11 Å². The van der Waals surface area contributed by atoms with Gasteiger partial charge in [-0.1, -0.05) is 20.8 Å². The molecule has 1 atom stereocenters. The average molecular weight is 175 g/mol. The standard InChI is InChI=1S/C8H17NO3/c1-7(2,3)8(11,5-12-4)6(9)10/h11H,5H2,1-4H3,(H2,9,10). The van der Waals surface area contributed by atoms with Crippen LogP contribution in [0, 0.1) is 5.41 Å². The molecular formula is C8H17NO3. The Bertz CT molecular complexity index is 174. The molecule has 0 radical (unpaired) electrons. The van der Waals surface area contributed by atoms with Gasteiger partial charge in [-0.25, -0.2) is 0 Å². The molecule has 72 valence electrons. The van der Waals surface area contributed by atoms with Crippen molar-refractivity contribution >= 4 is 5.91 Å². The van der Waals surface area contributed by atoms with Crippen LogP contribution in [-0.2, 0) is 9.53 Å². The summed E-state index contributed by atoms with van der Waals surface area (Å²) in [5.74, 6) is -0.753. The summed E-state index contributed by atoms with van der Waals surface area (Å²) in [6.45, 7) is 5.12. The van der Waals surface area contributed by atoms with Crippen molar-refractivity contribution in [2.75, 3.05) is 13.7 Å². The molecule has 0 spiro atoms. The Labute approximate surface area is 72.7 Å². The van der Waals surface area contributed by atoms with Crippen molar-refractivity contribution in [3.05, 3.63) is 0 Å². The lowest BCUT2D eigenvalue weighted by Gasteiger charge is -2.36. The molecule has 0 saturated carbocycles. The van der Waals surface area contributed by atoms with Crippen LogP contribution < -0.4 is 5.73 Å². The maximum atomic E-state index is 11.0. The molecule has 1 unspecified atom stereocenters. The van der Waals surface area contributed by atoms with Crippen molar-refractivity contribution in [1.29, 1.82) is 0 Å². The fraction of sp³-hybridized carbons (Fsp3) is 0.875. The van der Waals surface area contributed by atoms with Crippen molar-refractivity contribution in [3.8, 4) is 0 Å². The first-order valence-corrected chi connectivity index (χ1v) is 3.77. The maximum absolute atomic E-state index is 11.0. The molecule has 4 nitrogen and oxygen atoms in total. The lowest BCUT2D eigenvalue weighted by molar-refractivity contribution is -0.157. The number of carbonyl (C=O) groups excluding carboxylic acids is 1. The second-order valence-electron chi connectivity index (χ2n) is 3.91. The van der Waals surface area contributed by atoms with E-state index in [1.807, 2.05) is 0 Å². The van der Waals surface area contributed by atoms with Crippen LogP contribution in [0.15, 0.2) is 0 Å². The Morgan fingerprint density at radius 1 is 1.50 bits per heavy atom. The molecule has 0 aliphatic heterocycles. The zero-order valence-corrected chi connectivity index (χ0v) is 8.05. The first kappa shape index (κ1) is 11.4. The third-order valence-corrected chi connectivity index (χ3v) is 2.00. The topological polar surface area (TPSA) is 72.6 Å². The molecule has 0 aromatic carbocycles. The number of ether oxygens (including phenoxy) is 1. The lowest BCUT2D eigenvalue weighted by Crippen LogP contribution is -2.56. The van der Waals surface area contributed by atoms with Crippen molar-refractivity contribution in [2.45, 2.75) is 26.4 Å². The van der Waals surface area contributed by atoms with Crippen LogP contribution in [0.4, 0.5) is 0 Å². The molecule has 1 amide bonds. The van der Waals surface area contributed by atoms with E-state index < -0.39 is 16.9 Å². The number of hydrogen-bond donors (Lipinski definition) is 2. The van der Waals surface area contributed by atoms with Crippen molar-refractivity contribution < 1.29 is 14.6 Å². The van der Waals surface area contributed by atoms with Gasteiger partial charge in [0.15, 0.2) is 5.60 Å². The zero-order valence-electron chi connectivity index (χ0n) is 8.05. The molecular weight excluding hydrogens is 158 g/mol. The number of nitrogens with two attached hydrogens (primary N) is 1. The highest BCUT2D eigenvalue weighted by molar-refractivity contribution is 5.84. The molecule has 3 N–H and O–H groups in total. The van der Waals surface area contributed by atoms with Gasteiger partial charge >= 0.3 is 0 Å². The first-order chi connectivity index (χ1) is 5.25. The highest BCUT2D eigenvalue weighted by atomic mass is 16.5. The molecule has 0 aromatic heterocycles. The minimum Gasteiger partial charge on any atom is -0.381 e. The van der Waals surface area contributed by atoms with Gasteiger partial charge in [-0.2, -0.15) is 0 Å². The summed E-state index contributed by atoms with van der Waals surface area (Å²) in [5.41, 5.74) is 2.86. The second kappa shape index (κ2) is 3.41. The zero-order chi connectivity index (χ0) is 9.99. The van der Waals surface area contributed by atoms with Crippen molar-refractivity contribution in [3.63, 3.8) is 0 Å². The number of hydrogen-bond acceptors (Lipinski definition) is 3. The van der Waals surface area contributed by atoms with Gasteiger partial charge in [0.2, 0.25) is 0 Å². The van der Waals surface area contributed by atoms with Gasteiger partial charge in [0, 0.05) is 12.5 Å². The largest absolute Gasteiger partial charge is 0.381 e. The molecule has 0 rings (SSSR count). The van der Waals surface area contributed by atoms with E-state index in [-0.39, 0.29) is 6.61 Å². The summed E-state index contributed by atoms with van der Waals surface area (Å²) in [6.07, 6.45) is 0. The van der Waals surface area contributed by atoms with Gasteiger partial charge in [-0.15, -0.1) is 0 Å². The number of methoxy groups -OCH3 is 1. The predicted octanol–water partition coefficient (Wildman–Crippen LogP) is -0.105. The summed E-state index contributed by atoms with van der Waals surface area (Å²) in [4.78, 5) is 11.0. The fourth-order valence-corrected chi connectivity index (χ4v) is 0.866. The number of rotatable bonds is 3. The minimum atomic E-state index is -1.60. The summed E-state index contributed by atoms with van der Waals surface area (Å²) >= 11 is 0. The maximum Gasteiger partial charge on any atom is 0.252 e. The van der Waals surface area contributed by atoms with Gasteiger partial charge in [0.1, 0.15) is 0 Å². The van der Waals surface area contributed by atoms with Gasteiger partial charge in [0.05, 0.1) is 6.61 Å². The molecule has 0 aliphatic rings. The molecule has 0 aromatic rings. The van der Waals surface area contributed by atoms with Crippen molar-refractivity contribution in [2.24, 2.45) is 11.1 Å². The van der Waals surface area contributed by atoms with E-state index in [4.69, 9.17) is 10.5 Å². The number of carbonyl (C=O) groups is 1. The summed E-state index contributed by atoms with van der Waals surface area (Å²) in [7, 11) is 1.42. The summed E-state index contributed by atoms with van der Waals surface area (Å²) in [6, 6.07) is 0. The van der Waals surface area contributed by atoms with E-state index >= 15 is 0 Å². The average Bonchev–Trinajstić information content (AvgIpc) is 1.85. The van der Waals surface area contributed by atoms with E-state index in [0.29, 0.717) is 0 Å². The Morgan fingerprint density at radius 3 is 2.00 bits per heavy atom. The highest BCUT2D eigenvalue weighted by Gasteiger charge is 2.45. The normalized spacial score (nSPS) is 17.1. The lowest BCUT2D eigenvalue weighted by atomic mass is 9.76. The quantitative estimate of drug-likeness (QED) is 0.629. The monoisotopic (exact) mass is 175 g/mol. The van der Waals surface area contributed by atoms with Crippen LogP contribution in [0.1, 0.15) is 20.8 Å².